The van der Waals surface area contributed by atoms with Crippen LogP contribution in [0.1, 0.15) is 27.3 Å². The zero-order valence-electron chi connectivity index (χ0n) is 18.0. The second-order valence-corrected chi connectivity index (χ2v) is 8.33. The summed E-state index contributed by atoms with van der Waals surface area (Å²) in [6, 6.07) is 15.1. The van der Waals surface area contributed by atoms with Crippen LogP contribution in [-0.4, -0.2) is 51.7 Å². The number of halogens is 1. The zero-order valence-corrected chi connectivity index (χ0v) is 18.7. The molecule has 166 valence electrons. The normalized spacial score (nSPS) is 14.0. The number of carbonyl (C=O) groups is 1. The first-order valence-electron chi connectivity index (χ1n) is 10.4. The van der Waals surface area contributed by atoms with E-state index in [9.17, 15) is 14.9 Å². The molecule has 32 heavy (non-hydrogen) atoms. The number of aromatic nitrogens is 2. The topological polar surface area (TPSA) is 84.5 Å². The Kier molecular flexibility index (Phi) is 6.14. The van der Waals surface area contributed by atoms with E-state index in [1.165, 1.54) is 0 Å². The summed E-state index contributed by atoms with van der Waals surface area (Å²) in [5, 5.41) is 16.2. The number of amides is 1. The summed E-state index contributed by atoms with van der Waals surface area (Å²) in [7, 11) is 0. The Morgan fingerprint density at radius 2 is 1.78 bits per heavy atom. The SMILES string of the molecule is Cc1nn(Cc2ccc(C(=O)N3CCN(c4cccc(Cl)c4)CC3)cc2)c(C)c1[N+](=O)[O-]. The van der Waals surface area contributed by atoms with Crippen LogP contribution in [0, 0.1) is 24.0 Å². The van der Waals surface area contributed by atoms with Crippen LogP contribution >= 0.6 is 11.6 Å². The summed E-state index contributed by atoms with van der Waals surface area (Å²) in [5.41, 5.74) is 3.59. The summed E-state index contributed by atoms with van der Waals surface area (Å²) >= 11 is 6.09. The fraction of sp³-hybridized carbons (Fsp3) is 0.304. The van der Waals surface area contributed by atoms with Crippen molar-refractivity contribution in [3.05, 3.63) is 86.2 Å². The first kappa shape index (κ1) is 21.8. The van der Waals surface area contributed by atoms with Crippen LogP contribution in [0.5, 0.6) is 0 Å². The molecule has 0 aliphatic carbocycles. The highest BCUT2D eigenvalue weighted by atomic mass is 35.5. The second kappa shape index (κ2) is 9.00. The maximum atomic E-state index is 12.9. The van der Waals surface area contributed by atoms with E-state index in [1.807, 2.05) is 41.3 Å². The van der Waals surface area contributed by atoms with Crippen LogP contribution in [0.3, 0.4) is 0 Å². The molecule has 1 saturated heterocycles. The van der Waals surface area contributed by atoms with Crippen LogP contribution < -0.4 is 4.90 Å². The molecule has 0 atom stereocenters. The van der Waals surface area contributed by atoms with Crippen molar-refractivity contribution in [1.82, 2.24) is 14.7 Å². The first-order chi connectivity index (χ1) is 15.3. The predicted molar refractivity (Wildman–Crippen MR) is 123 cm³/mol. The molecule has 8 nitrogen and oxygen atoms in total. The maximum Gasteiger partial charge on any atom is 0.312 e. The van der Waals surface area contributed by atoms with Gasteiger partial charge in [0.15, 0.2) is 0 Å². The number of anilines is 1. The smallest absolute Gasteiger partial charge is 0.312 e. The Morgan fingerprint density at radius 3 is 2.38 bits per heavy atom. The van der Waals surface area contributed by atoms with Crippen LogP contribution in [0.2, 0.25) is 5.02 Å². The number of rotatable bonds is 5. The molecule has 9 heteroatoms. The third-order valence-electron chi connectivity index (χ3n) is 5.80. The highest BCUT2D eigenvalue weighted by molar-refractivity contribution is 6.30. The quantitative estimate of drug-likeness (QED) is 0.429. The van der Waals surface area contributed by atoms with Crippen molar-refractivity contribution >= 4 is 28.9 Å². The minimum absolute atomic E-state index is 0.00375. The lowest BCUT2D eigenvalue weighted by atomic mass is 10.1. The minimum Gasteiger partial charge on any atom is -0.368 e. The van der Waals surface area contributed by atoms with Gasteiger partial charge in [-0.2, -0.15) is 5.10 Å². The molecular formula is C23H24ClN5O3. The van der Waals surface area contributed by atoms with E-state index >= 15 is 0 Å². The minimum atomic E-state index is -0.401. The summed E-state index contributed by atoms with van der Waals surface area (Å²) < 4.78 is 1.62. The molecular weight excluding hydrogens is 430 g/mol. The number of nitro groups is 1. The van der Waals surface area contributed by atoms with Crippen molar-refractivity contribution in [3.8, 4) is 0 Å². The summed E-state index contributed by atoms with van der Waals surface area (Å²) in [6.07, 6.45) is 0. The molecule has 1 aliphatic rings. The van der Waals surface area contributed by atoms with Crippen molar-refractivity contribution in [2.24, 2.45) is 0 Å². The Labute approximate surface area is 191 Å². The van der Waals surface area contributed by atoms with E-state index in [0.29, 0.717) is 41.6 Å². The van der Waals surface area contributed by atoms with E-state index in [2.05, 4.69) is 10.00 Å². The molecule has 0 radical (unpaired) electrons. The second-order valence-electron chi connectivity index (χ2n) is 7.89. The van der Waals surface area contributed by atoms with Gasteiger partial charge in [0.1, 0.15) is 11.4 Å². The van der Waals surface area contributed by atoms with Gasteiger partial charge in [-0.05, 0) is 49.7 Å². The molecule has 2 heterocycles. The van der Waals surface area contributed by atoms with Crippen molar-refractivity contribution in [2.45, 2.75) is 20.4 Å². The van der Waals surface area contributed by atoms with Gasteiger partial charge in [0.05, 0.1) is 11.5 Å². The molecule has 1 amide bonds. The molecule has 0 N–H and O–H groups in total. The van der Waals surface area contributed by atoms with Crippen LogP contribution in [0.4, 0.5) is 11.4 Å². The fourth-order valence-electron chi connectivity index (χ4n) is 4.05. The van der Waals surface area contributed by atoms with Crippen LogP contribution in [0.15, 0.2) is 48.5 Å². The molecule has 0 unspecified atom stereocenters. The van der Waals surface area contributed by atoms with E-state index in [-0.39, 0.29) is 11.6 Å². The molecule has 1 aliphatic heterocycles. The van der Waals surface area contributed by atoms with E-state index < -0.39 is 4.92 Å². The molecule has 0 spiro atoms. The third-order valence-corrected chi connectivity index (χ3v) is 6.03. The van der Waals surface area contributed by atoms with Gasteiger partial charge in [0.2, 0.25) is 0 Å². The van der Waals surface area contributed by atoms with E-state index in [0.717, 1.165) is 24.3 Å². The average molecular weight is 454 g/mol. The Balaban J connectivity index is 1.39. The molecule has 3 aromatic rings. The van der Waals surface area contributed by atoms with Gasteiger partial charge in [-0.3, -0.25) is 19.6 Å². The van der Waals surface area contributed by atoms with Crippen molar-refractivity contribution in [2.75, 3.05) is 31.1 Å². The van der Waals surface area contributed by atoms with Gasteiger partial charge in [-0.15, -0.1) is 0 Å². The lowest BCUT2D eigenvalue weighted by molar-refractivity contribution is -0.386. The van der Waals surface area contributed by atoms with Gasteiger partial charge in [0, 0.05) is 42.5 Å². The maximum absolute atomic E-state index is 12.9. The molecule has 0 saturated carbocycles. The molecule has 1 aromatic heterocycles. The zero-order chi connectivity index (χ0) is 22.8. The first-order valence-corrected chi connectivity index (χ1v) is 10.8. The van der Waals surface area contributed by atoms with Gasteiger partial charge in [0.25, 0.3) is 5.91 Å². The van der Waals surface area contributed by atoms with Crippen molar-refractivity contribution in [3.63, 3.8) is 0 Å². The van der Waals surface area contributed by atoms with Gasteiger partial charge in [-0.25, -0.2) is 0 Å². The van der Waals surface area contributed by atoms with Crippen molar-refractivity contribution < 1.29 is 9.72 Å². The number of hydrogen-bond acceptors (Lipinski definition) is 5. The van der Waals surface area contributed by atoms with E-state index in [1.54, 1.807) is 30.7 Å². The van der Waals surface area contributed by atoms with Crippen LogP contribution in [-0.2, 0) is 6.54 Å². The Bertz CT molecular complexity index is 1150. The monoisotopic (exact) mass is 453 g/mol. The Hall–Kier alpha value is -3.39. The van der Waals surface area contributed by atoms with Crippen LogP contribution in [0.25, 0.3) is 0 Å². The largest absolute Gasteiger partial charge is 0.368 e. The number of nitrogens with zero attached hydrogens (tertiary/aromatic N) is 5. The average Bonchev–Trinajstić information content (AvgIpc) is 3.06. The Morgan fingerprint density at radius 1 is 1.09 bits per heavy atom. The van der Waals surface area contributed by atoms with Gasteiger partial charge in [-0.1, -0.05) is 29.8 Å². The molecule has 4 rings (SSSR count). The lowest BCUT2D eigenvalue weighted by Crippen LogP contribution is -2.48. The highest BCUT2D eigenvalue weighted by Crippen LogP contribution is 2.23. The molecule has 1 fully saturated rings. The predicted octanol–water partition coefficient (Wildman–Crippen LogP) is 4.07. The summed E-state index contributed by atoms with van der Waals surface area (Å²) in [6.45, 7) is 6.52. The number of carbonyl (C=O) groups excluding carboxylic acids is 1. The number of piperazine rings is 1. The van der Waals surface area contributed by atoms with Crippen molar-refractivity contribution in [1.29, 1.82) is 0 Å². The highest BCUT2D eigenvalue weighted by Gasteiger charge is 2.23. The summed E-state index contributed by atoms with van der Waals surface area (Å²) in [5.74, 6) is 0.00375. The fourth-order valence-corrected chi connectivity index (χ4v) is 4.24. The number of benzene rings is 2. The van der Waals surface area contributed by atoms with E-state index in [4.69, 9.17) is 11.6 Å². The summed E-state index contributed by atoms with van der Waals surface area (Å²) in [4.78, 5) is 27.8. The lowest BCUT2D eigenvalue weighted by Gasteiger charge is -2.36. The third kappa shape index (κ3) is 4.45. The van der Waals surface area contributed by atoms with Gasteiger partial charge < -0.3 is 9.80 Å². The van der Waals surface area contributed by atoms with Gasteiger partial charge >= 0.3 is 5.69 Å². The standard InChI is InChI=1S/C23H24ClN5O3/c1-16-22(29(31)32)17(2)28(25-16)15-18-6-8-19(9-7-18)23(30)27-12-10-26(11-13-27)21-5-3-4-20(24)14-21/h3-9,14H,10-13,15H2,1-2H3. The molecule has 0 bridgehead atoms. The number of hydrogen-bond donors (Lipinski definition) is 0. The number of aryl methyl sites for hydroxylation is 1. The molecule has 2 aromatic carbocycles.